The minimum absolute atomic E-state index is 0.125. The third-order valence-corrected chi connectivity index (χ3v) is 7.83. The summed E-state index contributed by atoms with van der Waals surface area (Å²) in [6.07, 6.45) is 0.817. The molecule has 0 aromatic heterocycles. The number of benzene rings is 2. The summed E-state index contributed by atoms with van der Waals surface area (Å²) in [5, 5.41) is 3.31. The first-order valence-electron chi connectivity index (χ1n) is 10.8. The monoisotopic (exact) mass is 478 g/mol. The molecule has 32 heavy (non-hydrogen) atoms. The second-order valence-electron chi connectivity index (χ2n) is 8.11. The highest BCUT2D eigenvalue weighted by Gasteiger charge is 2.27. The molecule has 1 fully saturated rings. The van der Waals surface area contributed by atoms with Gasteiger partial charge in [0.1, 0.15) is 6.54 Å². The lowest BCUT2D eigenvalue weighted by Crippen LogP contribution is -2.45. The zero-order valence-corrected chi connectivity index (χ0v) is 20.2. The number of piperazine rings is 1. The highest BCUT2D eigenvalue weighted by atomic mass is 35.5. The maximum atomic E-state index is 13.3. The number of amides is 1. The number of carbonyl (C=O) groups is 1. The molecule has 7 nitrogen and oxygen atoms in total. The molecule has 0 aliphatic carbocycles. The molecule has 2 aromatic rings. The molecule has 0 unspecified atom stereocenters. The van der Waals surface area contributed by atoms with Gasteiger partial charge >= 0.3 is 0 Å². The molecule has 9 heteroatoms. The molecule has 1 aliphatic heterocycles. The summed E-state index contributed by atoms with van der Waals surface area (Å²) in [6, 6.07) is 13.1. The summed E-state index contributed by atoms with van der Waals surface area (Å²) in [4.78, 5) is 17.5. The fraction of sp³-hybridized carbons (Fsp3) is 0.435. The number of carbonyl (C=O) groups excluding carboxylic acids is 1. The predicted molar refractivity (Wildman–Crippen MR) is 129 cm³/mol. The molecular formula is C23H31ClN4O3S. The van der Waals surface area contributed by atoms with E-state index in [1.165, 1.54) is 12.1 Å². The van der Waals surface area contributed by atoms with Gasteiger partial charge in [-0.25, -0.2) is 8.42 Å². The van der Waals surface area contributed by atoms with Crippen LogP contribution < -0.4 is 9.62 Å². The third-order valence-electron chi connectivity index (χ3n) is 5.63. The predicted octanol–water partition coefficient (Wildman–Crippen LogP) is 2.60. The average Bonchev–Trinajstić information content (AvgIpc) is 2.79. The number of anilines is 1. The second kappa shape index (κ2) is 11.1. The van der Waals surface area contributed by atoms with Crippen LogP contribution in [0.1, 0.15) is 12.0 Å². The Morgan fingerprint density at radius 3 is 2.44 bits per heavy atom. The average molecular weight is 479 g/mol. The van der Waals surface area contributed by atoms with E-state index >= 15 is 0 Å². The molecule has 3 rings (SSSR count). The lowest BCUT2D eigenvalue weighted by molar-refractivity contribution is -0.119. The molecule has 1 N–H and O–H groups in total. The summed E-state index contributed by atoms with van der Waals surface area (Å²) >= 11 is 6.25. The molecule has 0 spiro atoms. The van der Waals surface area contributed by atoms with Crippen LogP contribution in [0, 0.1) is 6.92 Å². The van der Waals surface area contributed by atoms with Crippen molar-refractivity contribution in [1.29, 1.82) is 0 Å². The Hall–Kier alpha value is -2.13. The fourth-order valence-corrected chi connectivity index (χ4v) is 5.17. The normalized spacial score (nSPS) is 15.5. The Labute approximate surface area is 196 Å². The first-order valence-corrected chi connectivity index (χ1v) is 12.6. The molecule has 0 bridgehead atoms. The molecular weight excluding hydrogens is 448 g/mol. The molecule has 174 valence electrons. The molecule has 0 radical (unpaired) electrons. The van der Waals surface area contributed by atoms with Gasteiger partial charge in [-0.05, 0) is 56.8 Å². The van der Waals surface area contributed by atoms with Crippen molar-refractivity contribution in [1.82, 2.24) is 15.1 Å². The van der Waals surface area contributed by atoms with Crippen LogP contribution in [0.15, 0.2) is 53.4 Å². The minimum atomic E-state index is -3.93. The fourth-order valence-electron chi connectivity index (χ4n) is 3.56. The third kappa shape index (κ3) is 6.45. The Balaban J connectivity index is 1.66. The first-order chi connectivity index (χ1) is 15.3. The van der Waals surface area contributed by atoms with Gasteiger partial charge in [0.25, 0.3) is 10.0 Å². The first kappa shape index (κ1) is 24.5. The van der Waals surface area contributed by atoms with Crippen molar-refractivity contribution >= 4 is 33.2 Å². The van der Waals surface area contributed by atoms with Gasteiger partial charge in [0.15, 0.2) is 0 Å². The minimum Gasteiger partial charge on any atom is -0.354 e. The second-order valence-corrected chi connectivity index (χ2v) is 10.4. The van der Waals surface area contributed by atoms with Crippen molar-refractivity contribution in [2.24, 2.45) is 0 Å². The van der Waals surface area contributed by atoms with Crippen molar-refractivity contribution < 1.29 is 13.2 Å². The Bertz CT molecular complexity index is 1010. The number of rotatable bonds is 9. The lowest BCUT2D eigenvalue weighted by Gasteiger charge is -2.32. The number of sulfonamides is 1. The molecule has 1 amide bonds. The smallest absolute Gasteiger partial charge is 0.264 e. The van der Waals surface area contributed by atoms with Crippen LogP contribution in [0.3, 0.4) is 0 Å². The Morgan fingerprint density at radius 2 is 1.78 bits per heavy atom. The van der Waals surface area contributed by atoms with E-state index < -0.39 is 10.0 Å². The van der Waals surface area contributed by atoms with E-state index in [4.69, 9.17) is 11.6 Å². The van der Waals surface area contributed by atoms with E-state index in [0.717, 1.165) is 49.0 Å². The van der Waals surface area contributed by atoms with E-state index in [2.05, 4.69) is 22.2 Å². The van der Waals surface area contributed by atoms with Gasteiger partial charge in [0, 0.05) is 37.7 Å². The van der Waals surface area contributed by atoms with Crippen LogP contribution >= 0.6 is 11.6 Å². The van der Waals surface area contributed by atoms with Crippen LogP contribution in [0.4, 0.5) is 5.69 Å². The van der Waals surface area contributed by atoms with Crippen molar-refractivity contribution in [2.45, 2.75) is 18.2 Å². The van der Waals surface area contributed by atoms with Gasteiger partial charge in [-0.3, -0.25) is 9.10 Å². The number of hydrogen-bond acceptors (Lipinski definition) is 5. The molecule has 0 saturated carbocycles. The van der Waals surface area contributed by atoms with E-state index in [1.54, 1.807) is 36.4 Å². The van der Waals surface area contributed by atoms with Gasteiger partial charge in [0.05, 0.1) is 10.6 Å². The zero-order chi connectivity index (χ0) is 23.1. The maximum absolute atomic E-state index is 13.3. The molecule has 1 heterocycles. The van der Waals surface area contributed by atoms with Crippen LogP contribution in [-0.4, -0.2) is 77.0 Å². The largest absolute Gasteiger partial charge is 0.354 e. The number of likely N-dealkylation sites (N-methyl/N-ethyl adjacent to an activating group) is 1. The lowest BCUT2D eigenvalue weighted by atomic mass is 10.2. The van der Waals surface area contributed by atoms with Crippen molar-refractivity contribution in [3.8, 4) is 0 Å². The SMILES string of the molecule is Cc1ccc(N(CC(=O)NCCCN2CCN(C)CC2)S(=O)(=O)c2ccccc2)cc1Cl. The van der Waals surface area contributed by atoms with E-state index in [9.17, 15) is 13.2 Å². The number of hydrogen-bond donors (Lipinski definition) is 1. The standard InChI is InChI=1S/C23H31ClN4O3S/c1-19-9-10-20(17-22(19)24)28(32(30,31)21-7-4-3-5-8-21)18-23(29)25-11-6-12-27-15-13-26(2)14-16-27/h3-5,7-10,17H,6,11-16,18H2,1-2H3,(H,25,29). The van der Waals surface area contributed by atoms with E-state index in [0.29, 0.717) is 17.3 Å². The van der Waals surface area contributed by atoms with Crippen LogP contribution in [0.25, 0.3) is 0 Å². The summed E-state index contributed by atoms with van der Waals surface area (Å²) in [5.74, 6) is -0.348. The van der Waals surface area contributed by atoms with Crippen molar-refractivity contribution in [3.05, 3.63) is 59.1 Å². The van der Waals surface area contributed by atoms with E-state index in [1.807, 2.05) is 6.92 Å². The molecule has 1 saturated heterocycles. The van der Waals surface area contributed by atoms with Gasteiger partial charge in [-0.15, -0.1) is 0 Å². The topological polar surface area (TPSA) is 73.0 Å². The highest BCUT2D eigenvalue weighted by molar-refractivity contribution is 7.92. The quantitative estimate of drug-likeness (QED) is 0.561. The van der Waals surface area contributed by atoms with E-state index in [-0.39, 0.29) is 17.3 Å². The van der Waals surface area contributed by atoms with Gasteiger partial charge < -0.3 is 15.1 Å². The molecule has 2 aromatic carbocycles. The van der Waals surface area contributed by atoms with Gasteiger partial charge in [-0.2, -0.15) is 0 Å². The summed E-state index contributed by atoms with van der Waals surface area (Å²) in [7, 11) is -1.81. The number of halogens is 1. The van der Waals surface area contributed by atoms with Gasteiger partial charge in [-0.1, -0.05) is 35.9 Å². The van der Waals surface area contributed by atoms with Crippen LogP contribution in [0.2, 0.25) is 5.02 Å². The van der Waals surface area contributed by atoms with Gasteiger partial charge in [0.2, 0.25) is 5.91 Å². The number of nitrogens with zero attached hydrogens (tertiary/aromatic N) is 3. The number of nitrogens with one attached hydrogen (secondary N) is 1. The van der Waals surface area contributed by atoms with Crippen molar-refractivity contribution in [3.63, 3.8) is 0 Å². The summed E-state index contributed by atoms with van der Waals surface area (Å²) in [5.41, 5.74) is 1.19. The summed E-state index contributed by atoms with van der Waals surface area (Å²) in [6.45, 7) is 7.10. The summed E-state index contributed by atoms with van der Waals surface area (Å²) < 4.78 is 27.8. The highest BCUT2D eigenvalue weighted by Crippen LogP contribution is 2.27. The van der Waals surface area contributed by atoms with Crippen LogP contribution in [0.5, 0.6) is 0 Å². The molecule has 0 atom stereocenters. The Kier molecular flexibility index (Phi) is 8.53. The number of aryl methyl sites for hydroxylation is 1. The van der Waals surface area contributed by atoms with Crippen LogP contribution in [-0.2, 0) is 14.8 Å². The Morgan fingerprint density at radius 1 is 1.09 bits per heavy atom. The molecule has 1 aliphatic rings. The zero-order valence-electron chi connectivity index (χ0n) is 18.6. The maximum Gasteiger partial charge on any atom is 0.264 e. The van der Waals surface area contributed by atoms with Crippen molar-refractivity contribution in [2.75, 3.05) is 57.2 Å².